The molecule has 6 heteroatoms. The maximum atomic E-state index is 14.0. The molecule has 0 spiro atoms. The third-order valence-corrected chi connectivity index (χ3v) is 6.29. The Morgan fingerprint density at radius 2 is 1.59 bits per heavy atom. The first-order chi connectivity index (χ1) is 15.9. The van der Waals surface area contributed by atoms with E-state index in [-0.39, 0.29) is 5.56 Å². The van der Waals surface area contributed by atoms with Gasteiger partial charge in [-0.05, 0) is 62.6 Å². The van der Waals surface area contributed by atoms with E-state index in [1.807, 2.05) is 43.0 Å². The van der Waals surface area contributed by atoms with Gasteiger partial charge >= 0.3 is 6.18 Å². The number of hydrogen-bond donors (Lipinski definition) is 1. The van der Waals surface area contributed by atoms with E-state index in [4.69, 9.17) is 0 Å². The second kappa shape index (κ2) is 8.51. The fourth-order valence-electron chi connectivity index (χ4n) is 4.64. The molecular formula is C28H29F3N2O. The quantitative estimate of drug-likeness (QED) is 0.446. The van der Waals surface area contributed by atoms with Crippen LogP contribution in [0.15, 0.2) is 78.6 Å². The van der Waals surface area contributed by atoms with Crippen molar-refractivity contribution in [2.24, 2.45) is 0 Å². The number of alkyl halides is 3. The number of anilines is 1. The lowest BCUT2D eigenvalue weighted by atomic mass is 9.97. The van der Waals surface area contributed by atoms with Crippen LogP contribution in [0.4, 0.5) is 18.9 Å². The lowest BCUT2D eigenvalue weighted by Gasteiger charge is -2.35. The van der Waals surface area contributed by atoms with Crippen molar-refractivity contribution in [1.29, 1.82) is 0 Å². The van der Waals surface area contributed by atoms with Crippen LogP contribution in [0.25, 0.3) is 11.1 Å². The molecular weight excluding hydrogens is 437 g/mol. The molecule has 1 heterocycles. The lowest BCUT2D eigenvalue weighted by Crippen LogP contribution is -2.36. The molecule has 0 aliphatic carbocycles. The van der Waals surface area contributed by atoms with Gasteiger partial charge < -0.3 is 14.9 Å². The fraction of sp³-hybridized carbons (Fsp3) is 0.286. The van der Waals surface area contributed by atoms with Crippen LogP contribution in [-0.4, -0.2) is 22.7 Å². The molecule has 178 valence electrons. The third-order valence-electron chi connectivity index (χ3n) is 6.29. The van der Waals surface area contributed by atoms with Crippen LogP contribution in [0.1, 0.15) is 42.3 Å². The Labute approximate surface area is 198 Å². The lowest BCUT2D eigenvalue weighted by molar-refractivity contribution is -0.138. The summed E-state index contributed by atoms with van der Waals surface area (Å²) in [7, 11) is 1.72. The summed E-state index contributed by atoms with van der Waals surface area (Å²) in [6.45, 7) is 7.35. The average Bonchev–Trinajstić information content (AvgIpc) is 3.12. The van der Waals surface area contributed by atoms with Crippen molar-refractivity contribution in [3.05, 3.63) is 101 Å². The highest BCUT2D eigenvalue weighted by atomic mass is 19.4. The maximum Gasteiger partial charge on any atom is 0.416 e. The zero-order valence-corrected chi connectivity index (χ0v) is 20.0. The Hall–Kier alpha value is -3.25. The number of aryl methyl sites for hydroxylation is 2. The van der Waals surface area contributed by atoms with Gasteiger partial charge in [0.25, 0.3) is 0 Å². The van der Waals surface area contributed by atoms with E-state index >= 15 is 0 Å². The van der Waals surface area contributed by atoms with E-state index in [2.05, 4.69) is 18.2 Å². The number of hydrogen-bond acceptors (Lipinski definition) is 3. The van der Waals surface area contributed by atoms with Crippen LogP contribution in [0, 0.1) is 13.8 Å². The minimum absolute atomic E-state index is 0.130. The molecule has 0 radical (unpaired) electrons. The molecule has 3 nitrogen and oxygen atoms in total. The molecule has 1 aliphatic heterocycles. The average molecular weight is 467 g/mol. The number of halogens is 3. The van der Waals surface area contributed by atoms with Gasteiger partial charge in [-0.15, -0.1) is 0 Å². The molecule has 34 heavy (non-hydrogen) atoms. The van der Waals surface area contributed by atoms with E-state index < -0.39 is 23.5 Å². The summed E-state index contributed by atoms with van der Waals surface area (Å²) in [6, 6.07) is 19.7. The van der Waals surface area contributed by atoms with Gasteiger partial charge in [0, 0.05) is 24.5 Å². The van der Waals surface area contributed by atoms with E-state index in [9.17, 15) is 18.3 Å². The number of rotatable bonds is 4. The Morgan fingerprint density at radius 3 is 2.26 bits per heavy atom. The number of likely N-dealkylation sites (N-methyl/N-ethyl adjacent to an activating group) is 1. The number of benzene rings is 3. The van der Waals surface area contributed by atoms with E-state index in [1.54, 1.807) is 38.1 Å². The minimum Gasteiger partial charge on any atom is -0.384 e. The molecule has 0 saturated carbocycles. The molecule has 0 bridgehead atoms. The molecule has 1 aliphatic rings. The van der Waals surface area contributed by atoms with Crippen molar-refractivity contribution >= 4 is 5.69 Å². The summed E-state index contributed by atoms with van der Waals surface area (Å²) < 4.78 is 41.9. The predicted octanol–water partition coefficient (Wildman–Crippen LogP) is 7.05. The van der Waals surface area contributed by atoms with Gasteiger partial charge in [-0.2, -0.15) is 13.2 Å². The van der Waals surface area contributed by atoms with Gasteiger partial charge in [0.2, 0.25) is 0 Å². The molecule has 4 rings (SSSR count). The van der Waals surface area contributed by atoms with Crippen LogP contribution >= 0.6 is 0 Å². The van der Waals surface area contributed by atoms with Crippen molar-refractivity contribution < 1.29 is 18.3 Å². The molecule has 0 aromatic heterocycles. The van der Waals surface area contributed by atoms with Crippen molar-refractivity contribution in [3.63, 3.8) is 0 Å². The molecule has 1 atom stereocenters. The Kier molecular flexibility index (Phi) is 5.98. The molecule has 0 amide bonds. The van der Waals surface area contributed by atoms with Crippen LogP contribution in [0.2, 0.25) is 0 Å². The van der Waals surface area contributed by atoms with E-state index in [0.717, 1.165) is 34.0 Å². The van der Waals surface area contributed by atoms with Crippen molar-refractivity contribution in [2.75, 3.05) is 11.9 Å². The summed E-state index contributed by atoms with van der Waals surface area (Å²) in [5, 5.41) is 10.8. The van der Waals surface area contributed by atoms with Gasteiger partial charge in [-0.25, -0.2) is 0 Å². The molecule has 1 N–H and O–H groups in total. The Bertz CT molecular complexity index is 1240. The number of nitrogens with zero attached hydrogens (tertiary/aromatic N) is 2. The Morgan fingerprint density at radius 1 is 0.882 bits per heavy atom. The highest BCUT2D eigenvalue weighted by molar-refractivity contribution is 5.73. The minimum atomic E-state index is -4.50. The summed E-state index contributed by atoms with van der Waals surface area (Å²) in [6.07, 6.45) is -3.52. The molecule has 3 aromatic rings. The van der Waals surface area contributed by atoms with Crippen LogP contribution in [0.5, 0.6) is 0 Å². The normalized spacial score (nSPS) is 16.7. The number of aliphatic hydroxyl groups is 1. The monoisotopic (exact) mass is 466 g/mol. The highest BCUT2D eigenvalue weighted by Gasteiger charge is 2.42. The molecule has 0 fully saturated rings. The molecule has 0 saturated heterocycles. The zero-order valence-electron chi connectivity index (χ0n) is 20.0. The SMILES string of the molecule is Cc1ccc(C)c(-c2cccc(N3C=C(C(C)(C)O)N(C)C3c3ccccc3C(F)(F)F)c2)c1. The summed E-state index contributed by atoms with van der Waals surface area (Å²) in [5.41, 5.74) is 3.79. The first-order valence-corrected chi connectivity index (χ1v) is 11.2. The van der Waals surface area contributed by atoms with Crippen LogP contribution < -0.4 is 4.90 Å². The fourth-order valence-corrected chi connectivity index (χ4v) is 4.64. The van der Waals surface area contributed by atoms with Crippen molar-refractivity contribution in [3.8, 4) is 11.1 Å². The van der Waals surface area contributed by atoms with Gasteiger partial charge in [-0.3, -0.25) is 0 Å². The topological polar surface area (TPSA) is 26.7 Å². The summed E-state index contributed by atoms with van der Waals surface area (Å²) >= 11 is 0. The van der Waals surface area contributed by atoms with Gasteiger partial charge in [0.1, 0.15) is 11.8 Å². The maximum absolute atomic E-state index is 14.0. The second-order valence-corrected chi connectivity index (χ2v) is 9.42. The molecule has 1 unspecified atom stereocenters. The van der Waals surface area contributed by atoms with Gasteiger partial charge in [-0.1, -0.05) is 54.1 Å². The highest BCUT2D eigenvalue weighted by Crippen LogP contribution is 2.45. The zero-order chi connectivity index (χ0) is 24.8. The summed E-state index contributed by atoms with van der Waals surface area (Å²) in [4.78, 5) is 3.53. The van der Waals surface area contributed by atoms with E-state index in [0.29, 0.717) is 5.70 Å². The van der Waals surface area contributed by atoms with Crippen molar-refractivity contribution in [2.45, 2.75) is 45.6 Å². The van der Waals surface area contributed by atoms with E-state index in [1.165, 1.54) is 12.1 Å². The largest absolute Gasteiger partial charge is 0.416 e. The van der Waals surface area contributed by atoms with Crippen LogP contribution in [0.3, 0.4) is 0 Å². The Balaban J connectivity index is 1.88. The predicted molar refractivity (Wildman–Crippen MR) is 130 cm³/mol. The summed E-state index contributed by atoms with van der Waals surface area (Å²) in [5.74, 6) is 0. The van der Waals surface area contributed by atoms with Crippen molar-refractivity contribution in [1.82, 2.24) is 4.90 Å². The van der Waals surface area contributed by atoms with Gasteiger partial charge in [0.05, 0.1) is 11.3 Å². The third kappa shape index (κ3) is 4.42. The van der Waals surface area contributed by atoms with Crippen LogP contribution in [-0.2, 0) is 6.18 Å². The first-order valence-electron chi connectivity index (χ1n) is 11.2. The smallest absolute Gasteiger partial charge is 0.384 e. The second-order valence-electron chi connectivity index (χ2n) is 9.42. The molecule has 3 aromatic carbocycles. The van der Waals surface area contributed by atoms with Gasteiger partial charge in [0.15, 0.2) is 0 Å². The first kappa shape index (κ1) is 23.9. The standard InChI is InChI=1S/C28H29F3N2O/c1-18-13-14-19(2)23(15-18)20-9-8-10-21(16-20)33-17-25(27(3,4)34)32(5)26(33)22-11-6-7-12-24(22)28(29,30)31/h6-17,26,34H,1-5H3.